The molecule has 5 nitrogen and oxygen atoms in total. The maximum absolute atomic E-state index is 10.8. The summed E-state index contributed by atoms with van der Waals surface area (Å²) in [5.74, 6) is -0.0474. The van der Waals surface area contributed by atoms with E-state index in [9.17, 15) is 9.59 Å². The number of hydrogen-bond donors (Lipinski definition) is 3. The fourth-order valence-corrected chi connectivity index (χ4v) is 1.80. The highest BCUT2D eigenvalue weighted by Gasteiger charge is 2.08. The molecule has 1 aromatic carbocycles. The number of urea groups is 1. The van der Waals surface area contributed by atoms with Crippen molar-refractivity contribution in [2.75, 3.05) is 6.54 Å². The number of imide groups is 1. The summed E-state index contributed by atoms with van der Waals surface area (Å²) in [6, 6.07) is 4.05. The van der Waals surface area contributed by atoms with Crippen LogP contribution in [0.3, 0.4) is 0 Å². The lowest BCUT2D eigenvalue weighted by Crippen LogP contribution is -2.38. The zero-order valence-corrected chi connectivity index (χ0v) is 12.3. The molecule has 1 aromatic rings. The molecule has 0 spiro atoms. The van der Waals surface area contributed by atoms with Gasteiger partial charge in [0.1, 0.15) is 5.75 Å². The third-order valence-corrected chi connectivity index (χ3v) is 3.26. The second kappa shape index (κ2) is 8.66. The number of nitrogens with one attached hydrogen (secondary N) is 2. The largest absolute Gasteiger partial charge is 0.508 e. The highest BCUT2D eigenvalue weighted by atomic mass is 35.5. The molecule has 0 aliphatic carbocycles. The third-order valence-electron chi connectivity index (χ3n) is 2.52. The maximum atomic E-state index is 10.8. The number of rotatable bonds is 0. The molecule has 20 heavy (non-hydrogen) atoms. The number of carbonyl (C=O) groups excluding carboxylic acids is 2. The number of phenolic OH excluding ortho intramolecular Hbond substituents is 1. The van der Waals surface area contributed by atoms with E-state index in [1.54, 1.807) is 6.07 Å². The molecule has 0 bridgehead atoms. The van der Waals surface area contributed by atoms with Crippen molar-refractivity contribution in [1.29, 1.82) is 0 Å². The van der Waals surface area contributed by atoms with Gasteiger partial charge in [-0.1, -0.05) is 29.6 Å². The smallest absolute Gasteiger partial charge is 0.321 e. The quantitative estimate of drug-likeness (QED) is 0.687. The summed E-state index contributed by atoms with van der Waals surface area (Å²) in [5, 5.41) is 14.4. The van der Waals surface area contributed by atoms with Crippen LogP contribution in [0, 0.1) is 0 Å². The van der Waals surface area contributed by atoms with Crippen LogP contribution < -0.4 is 10.6 Å². The molecular weight excluding hydrogens is 303 g/mol. The molecule has 3 N–H and O–H groups in total. The third kappa shape index (κ3) is 6.63. The first-order valence-electron chi connectivity index (χ1n) is 6.20. The van der Waals surface area contributed by atoms with E-state index in [0.717, 1.165) is 19.3 Å². The SMILES string of the molecule is O=C1CCCCCNC(=O)N1.Oc1ccc(Cl)c(Cl)c1. The minimum absolute atomic E-state index is 0.129. The molecule has 3 amide bonds. The average Bonchev–Trinajstić information content (AvgIpc) is 2.47. The lowest BCUT2D eigenvalue weighted by Gasteiger charge is -2.01. The van der Waals surface area contributed by atoms with Gasteiger partial charge in [0.05, 0.1) is 10.0 Å². The molecule has 0 radical (unpaired) electrons. The molecule has 2 rings (SSSR count). The zero-order chi connectivity index (χ0) is 15.0. The normalized spacial score (nSPS) is 15.7. The van der Waals surface area contributed by atoms with Gasteiger partial charge in [0.15, 0.2) is 0 Å². The van der Waals surface area contributed by atoms with Gasteiger partial charge in [0.2, 0.25) is 5.91 Å². The summed E-state index contributed by atoms with van der Waals surface area (Å²) in [6.07, 6.45) is 3.31. The van der Waals surface area contributed by atoms with E-state index in [2.05, 4.69) is 10.6 Å². The predicted molar refractivity (Wildman–Crippen MR) is 78.1 cm³/mol. The summed E-state index contributed by atoms with van der Waals surface area (Å²) in [4.78, 5) is 21.6. The van der Waals surface area contributed by atoms with Crippen molar-refractivity contribution >= 4 is 35.1 Å². The van der Waals surface area contributed by atoms with Gasteiger partial charge in [-0.2, -0.15) is 0 Å². The van der Waals surface area contributed by atoms with Crippen molar-refractivity contribution in [3.8, 4) is 5.75 Å². The van der Waals surface area contributed by atoms with Crippen LogP contribution in [0.4, 0.5) is 4.79 Å². The first-order chi connectivity index (χ1) is 9.49. The molecule has 7 heteroatoms. The Labute approximate surface area is 127 Å². The molecule has 1 aliphatic heterocycles. The van der Waals surface area contributed by atoms with Crippen LogP contribution in [0.2, 0.25) is 10.0 Å². The van der Waals surface area contributed by atoms with Crippen molar-refractivity contribution in [2.45, 2.75) is 25.7 Å². The lowest BCUT2D eigenvalue weighted by atomic mass is 10.2. The Bertz CT molecular complexity index is 463. The lowest BCUT2D eigenvalue weighted by molar-refractivity contribution is -0.120. The summed E-state index contributed by atoms with van der Waals surface area (Å²) in [7, 11) is 0. The Kier molecular flexibility index (Phi) is 7.18. The molecule has 1 saturated heterocycles. The highest BCUT2D eigenvalue weighted by molar-refractivity contribution is 6.42. The van der Waals surface area contributed by atoms with Crippen molar-refractivity contribution in [2.24, 2.45) is 0 Å². The van der Waals surface area contributed by atoms with E-state index in [-0.39, 0.29) is 17.7 Å². The minimum Gasteiger partial charge on any atom is -0.508 e. The fourth-order valence-electron chi connectivity index (χ4n) is 1.51. The van der Waals surface area contributed by atoms with E-state index >= 15 is 0 Å². The van der Waals surface area contributed by atoms with Crippen LogP contribution in [0.5, 0.6) is 5.75 Å². The second-order valence-corrected chi connectivity index (χ2v) is 5.03. The van der Waals surface area contributed by atoms with Gasteiger partial charge in [0, 0.05) is 13.0 Å². The number of aromatic hydroxyl groups is 1. The topological polar surface area (TPSA) is 78.4 Å². The minimum atomic E-state index is -0.364. The van der Waals surface area contributed by atoms with Gasteiger partial charge in [-0.05, 0) is 31.0 Å². The van der Waals surface area contributed by atoms with Crippen LogP contribution in [0.1, 0.15) is 25.7 Å². The molecule has 0 unspecified atom stereocenters. The van der Waals surface area contributed by atoms with Gasteiger partial charge < -0.3 is 10.4 Å². The van der Waals surface area contributed by atoms with Crippen LogP contribution in [0.15, 0.2) is 18.2 Å². The van der Waals surface area contributed by atoms with Crippen LogP contribution in [0.25, 0.3) is 0 Å². The molecule has 0 atom stereocenters. The molecule has 110 valence electrons. The van der Waals surface area contributed by atoms with E-state index in [4.69, 9.17) is 28.3 Å². The van der Waals surface area contributed by atoms with Gasteiger partial charge in [-0.15, -0.1) is 0 Å². The molecule has 1 aliphatic rings. The molecular formula is C13H16Cl2N2O3. The van der Waals surface area contributed by atoms with Crippen LogP contribution in [-0.2, 0) is 4.79 Å². The summed E-state index contributed by atoms with van der Waals surface area (Å²) < 4.78 is 0. The fraction of sp³-hybridized carbons (Fsp3) is 0.385. The Hall–Kier alpha value is -1.46. The summed E-state index contributed by atoms with van der Waals surface area (Å²) in [5.41, 5.74) is 0. The second-order valence-electron chi connectivity index (χ2n) is 4.21. The van der Waals surface area contributed by atoms with Crippen LogP contribution in [-0.4, -0.2) is 23.6 Å². The number of amides is 3. The average molecular weight is 319 g/mol. The van der Waals surface area contributed by atoms with E-state index in [1.807, 2.05) is 0 Å². The van der Waals surface area contributed by atoms with E-state index in [1.165, 1.54) is 12.1 Å². The Morgan fingerprint density at radius 2 is 1.80 bits per heavy atom. The first-order valence-corrected chi connectivity index (χ1v) is 6.96. The number of halogens is 2. The van der Waals surface area contributed by atoms with Crippen molar-refractivity contribution in [1.82, 2.24) is 10.6 Å². The summed E-state index contributed by atoms with van der Waals surface area (Å²) in [6.45, 7) is 0.666. The van der Waals surface area contributed by atoms with Gasteiger partial charge >= 0.3 is 6.03 Å². The number of hydrogen-bond acceptors (Lipinski definition) is 3. The van der Waals surface area contributed by atoms with E-state index < -0.39 is 0 Å². The van der Waals surface area contributed by atoms with Crippen LogP contribution >= 0.6 is 23.2 Å². The van der Waals surface area contributed by atoms with Crippen molar-refractivity contribution in [3.63, 3.8) is 0 Å². The Morgan fingerprint density at radius 3 is 2.45 bits per heavy atom. The monoisotopic (exact) mass is 318 g/mol. The standard InChI is InChI=1S/C7H12N2O2.C6H4Cl2O/c10-6-4-2-1-3-5-8-7(11)9-6;7-5-2-1-4(9)3-6(5)8/h1-5H2,(H2,8,9,10,11);1-3,9H. The number of phenols is 1. The molecule has 1 fully saturated rings. The molecule has 0 saturated carbocycles. The Morgan fingerprint density at radius 1 is 1.05 bits per heavy atom. The molecule has 1 heterocycles. The highest BCUT2D eigenvalue weighted by Crippen LogP contribution is 2.24. The summed E-state index contributed by atoms with van der Waals surface area (Å²) >= 11 is 11.1. The first kappa shape index (κ1) is 16.6. The van der Waals surface area contributed by atoms with E-state index in [0.29, 0.717) is 23.0 Å². The maximum Gasteiger partial charge on any atom is 0.321 e. The van der Waals surface area contributed by atoms with Gasteiger partial charge in [-0.25, -0.2) is 4.79 Å². The number of benzene rings is 1. The predicted octanol–water partition coefficient (Wildman–Crippen LogP) is 3.09. The Balaban J connectivity index is 0.000000204. The van der Waals surface area contributed by atoms with Crippen molar-refractivity contribution in [3.05, 3.63) is 28.2 Å². The van der Waals surface area contributed by atoms with Crippen molar-refractivity contribution < 1.29 is 14.7 Å². The van der Waals surface area contributed by atoms with Gasteiger partial charge in [-0.3, -0.25) is 10.1 Å². The van der Waals surface area contributed by atoms with Gasteiger partial charge in [0.25, 0.3) is 0 Å². The molecule has 0 aromatic heterocycles. The zero-order valence-electron chi connectivity index (χ0n) is 10.8. The number of carbonyl (C=O) groups is 2.